The third kappa shape index (κ3) is 4.34. The van der Waals surface area contributed by atoms with Crippen LogP contribution in [0.25, 0.3) is 0 Å². The summed E-state index contributed by atoms with van der Waals surface area (Å²) in [7, 11) is -7.24. The van der Waals surface area contributed by atoms with Crippen molar-refractivity contribution in [2.24, 2.45) is 0 Å². The minimum atomic E-state index is -3.77. The standard InChI is InChI=1S/C15H24N2O5S2/c1-12-10-16(11-13(2)18)7-8-17(12)24(21,22)15-6-4-5-14(9-15)23(3,19)20/h4-6,9,12-13,18H,7-8,10-11H2,1-3H3. The van der Waals surface area contributed by atoms with Crippen molar-refractivity contribution in [1.82, 2.24) is 9.21 Å². The van der Waals surface area contributed by atoms with E-state index in [-0.39, 0.29) is 15.8 Å². The van der Waals surface area contributed by atoms with E-state index in [1.54, 1.807) is 6.92 Å². The van der Waals surface area contributed by atoms with E-state index in [0.717, 1.165) is 6.26 Å². The summed E-state index contributed by atoms with van der Waals surface area (Å²) in [6, 6.07) is 5.19. The number of β-amino-alcohol motifs (C(OH)–C–C–N with tert-alkyl or cyclic N) is 1. The zero-order valence-corrected chi connectivity index (χ0v) is 15.7. The summed E-state index contributed by atoms with van der Waals surface area (Å²) in [6.45, 7) is 5.37. The van der Waals surface area contributed by atoms with Gasteiger partial charge in [-0.15, -0.1) is 0 Å². The summed E-state index contributed by atoms with van der Waals surface area (Å²) in [5, 5.41) is 9.47. The van der Waals surface area contributed by atoms with Crippen LogP contribution in [0.5, 0.6) is 0 Å². The van der Waals surface area contributed by atoms with Crippen LogP contribution >= 0.6 is 0 Å². The number of aliphatic hydroxyl groups is 1. The largest absolute Gasteiger partial charge is 0.392 e. The molecule has 1 fully saturated rings. The Morgan fingerprint density at radius 1 is 1.21 bits per heavy atom. The molecule has 7 nitrogen and oxygen atoms in total. The van der Waals surface area contributed by atoms with Gasteiger partial charge in [0, 0.05) is 38.5 Å². The molecule has 1 N–H and O–H groups in total. The van der Waals surface area contributed by atoms with Gasteiger partial charge in [0.05, 0.1) is 15.9 Å². The molecule has 1 heterocycles. The van der Waals surface area contributed by atoms with Gasteiger partial charge in [-0.2, -0.15) is 4.31 Å². The van der Waals surface area contributed by atoms with Crippen molar-refractivity contribution < 1.29 is 21.9 Å². The third-order valence-electron chi connectivity index (χ3n) is 4.01. The van der Waals surface area contributed by atoms with E-state index in [9.17, 15) is 21.9 Å². The lowest BCUT2D eigenvalue weighted by Crippen LogP contribution is -2.54. The lowest BCUT2D eigenvalue weighted by atomic mass is 10.2. The molecule has 0 amide bonds. The van der Waals surface area contributed by atoms with E-state index >= 15 is 0 Å². The average molecular weight is 377 g/mol. The monoisotopic (exact) mass is 376 g/mol. The molecule has 0 aliphatic carbocycles. The van der Waals surface area contributed by atoms with Crippen LogP contribution in [0.1, 0.15) is 13.8 Å². The van der Waals surface area contributed by atoms with Gasteiger partial charge in [0.25, 0.3) is 0 Å². The molecule has 136 valence electrons. The second-order valence-corrected chi connectivity index (χ2v) is 10.2. The molecular weight excluding hydrogens is 352 g/mol. The van der Waals surface area contributed by atoms with Crippen LogP contribution in [-0.2, 0) is 19.9 Å². The number of aliphatic hydroxyl groups excluding tert-OH is 1. The van der Waals surface area contributed by atoms with Gasteiger partial charge in [-0.1, -0.05) is 6.07 Å². The predicted octanol–water partition coefficient (Wildman–Crippen LogP) is 0.166. The van der Waals surface area contributed by atoms with Crippen LogP contribution in [-0.4, -0.2) is 75.7 Å². The molecule has 0 bridgehead atoms. The van der Waals surface area contributed by atoms with Crippen molar-refractivity contribution in [3.05, 3.63) is 24.3 Å². The molecule has 1 aromatic carbocycles. The van der Waals surface area contributed by atoms with Gasteiger partial charge in [-0.05, 0) is 32.0 Å². The highest BCUT2D eigenvalue weighted by Crippen LogP contribution is 2.23. The van der Waals surface area contributed by atoms with Crippen LogP contribution in [0.2, 0.25) is 0 Å². The Hall–Kier alpha value is -1.00. The maximum Gasteiger partial charge on any atom is 0.243 e. The first kappa shape index (κ1) is 19.3. The quantitative estimate of drug-likeness (QED) is 0.787. The molecule has 1 saturated heterocycles. The van der Waals surface area contributed by atoms with Crippen LogP contribution < -0.4 is 0 Å². The molecule has 2 atom stereocenters. The number of sulfone groups is 1. The van der Waals surface area contributed by atoms with Crippen LogP contribution in [0.4, 0.5) is 0 Å². The predicted molar refractivity (Wildman–Crippen MR) is 91.0 cm³/mol. The summed E-state index contributed by atoms with van der Waals surface area (Å²) in [5.41, 5.74) is 0. The van der Waals surface area contributed by atoms with Gasteiger partial charge < -0.3 is 5.11 Å². The molecule has 2 rings (SSSR count). The van der Waals surface area contributed by atoms with Crippen molar-refractivity contribution >= 4 is 19.9 Å². The van der Waals surface area contributed by atoms with Crippen LogP contribution in [0.3, 0.4) is 0 Å². The molecule has 0 radical (unpaired) electrons. The van der Waals surface area contributed by atoms with E-state index in [1.807, 2.05) is 11.8 Å². The van der Waals surface area contributed by atoms with Gasteiger partial charge in [0.2, 0.25) is 10.0 Å². The number of nitrogens with zero attached hydrogens (tertiary/aromatic N) is 2. The summed E-state index contributed by atoms with van der Waals surface area (Å²) < 4.78 is 50.5. The molecule has 1 aromatic rings. The summed E-state index contributed by atoms with van der Waals surface area (Å²) in [6.07, 6.45) is 0.586. The normalized spacial score (nSPS) is 22.4. The Balaban J connectivity index is 2.25. The van der Waals surface area contributed by atoms with Crippen molar-refractivity contribution in [3.63, 3.8) is 0 Å². The molecule has 24 heavy (non-hydrogen) atoms. The highest BCUT2D eigenvalue weighted by molar-refractivity contribution is 7.91. The molecule has 2 unspecified atom stereocenters. The second kappa shape index (κ2) is 7.09. The summed E-state index contributed by atoms with van der Waals surface area (Å²) >= 11 is 0. The molecule has 0 saturated carbocycles. The van der Waals surface area contributed by atoms with Gasteiger partial charge >= 0.3 is 0 Å². The summed E-state index contributed by atoms with van der Waals surface area (Å²) in [5.74, 6) is 0. The van der Waals surface area contributed by atoms with Crippen molar-refractivity contribution in [2.75, 3.05) is 32.4 Å². The fourth-order valence-electron chi connectivity index (χ4n) is 2.91. The maximum atomic E-state index is 12.9. The number of hydrogen-bond acceptors (Lipinski definition) is 6. The number of benzene rings is 1. The zero-order valence-electron chi connectivity index (χ0n) is 14.1. The van der Waals surface area contributed by atoms with Crippen LogP contribution in [0, 0.1) is 0 Å². The Bertz CT molecular complexity index is 790. The smallest absolute Gasteiger partial charge is 0.243 e. The number of piperazine rings is 1. The van der Waals surface area contributed by atoms with Gasteiger partial charge in [-0.25, -0.2) is 16.8 Å². The van der Waals surface area contributed by atoms with Crippen molar-refractivity contribution in [3.8, 4) is 0 Å². The lowest BCUT2D eigenvalue weighted by molar-refractivity contribution is 0.0840. The second-order valence-electron chi connectivity index (χ2n) is 6.32. The van der Waals surface area contributed by atoms with E-state index in [1.165, 1.54) is 28.6 Å². The van der Waals surface area contributed by atoms with Gasteiger partial charge in [0.15, 0.2) is 9.84 Å². The fraction of sp³-hybridized carbons (Fsp3) is 0.600. The minimum absolute atomic E-state index is 0.0102. The molecule has 0 aromatic heterocycles. The Morgan fingerprint density at radius 3 is 2.38 bits per heavy atom. The first-order valence-corrected chi connectivity index (χ1v) is 11.1. The Labute approximate surface area is 143 Å². The Kier molecular flexibility index (Phi) is 5.71. The highest BCUT2D eigenvalue weighted by Gasteiger charge is 2.34. The first-order valence-electron chi connectivity index (χ1n) is 7.74. The topological polar surface area (TPSA) is 95.0 Å². The maximum absolute atomic E-state index is 12.9. The minimum Gasteiger partial charge on any atom is -0.392 e. The Morgan fingerprint density at radius 2 is 1.83 bits per heavy atom. The molecule has 1 aliphatic heterocycles. The summed E-state index contributed by atoms with van der Waals surface area (Å²) in [4.78, 5) is 2.00. The van der Waals surface area contributed by atoms with Gasteiger partial charge in [-0.3, -0.25) is 4.90 Å². The zero-order chi connectivity index (χ0) is 18.1. The fourth-order valence-corrected chi connectivity index (χ4v) is 5.31. The van der Waals surface area contributed by atoms with E-state index in [0.29, 0.717) is 26.2 Å². The van der Waals surface area contributed by atoms with Crippen LogP contribution in [0.15, 0.2) is 34.1 Å². The van der Waals surface area contributed by atoms with Crippen molar-refractivity contribution in [2.45, 2.75) is 35.8 Å². The molecular formula is C15H24N2O5S2. The van der Waals surface area contributed by atoms with Crippen molar-refractivity contribution in [1.29, 1.82) is 0 Å². The number of rotatable bonds is 5. The van der Waals surface area contributed by atoms with E-state index in [4.69, 9.17) is 0 Å². The lowest BCUT2D eigenvalue weighted by Gasteiger charge is -2.39. The third-order valence-corrected chi connectivity index (χ3v) is 7.13. The molecule has 1 aliphatic rings. The van der Waals surface area contributed by atoms with E-state index < -0.39 is 26.0 Å². The number of sulfonamides is 1. The van der Waals surface area contributed by atoms with E-state index in [2.05, 4.69) is 0 Å². The number of hydrogen-bond donors (Lipinski definition) is 1. The SMILES string of the molecule is CC(O)CN1CCN(S(=O)(=O)c2cccc(S(C)(=O)=O)c2)C(C)C1. The highest BCUT2D eigenvalue weighted by atomic mass is 32.2. The molecule has 0 spiro atoms. The average Bonchev–Trinajstić information content (AvgIpc) is 2.45. The first-order chi connectivity index (χ1) is 11.0. The van der Waals surface area contributed by atoms with Gasteiger partial charge in [0.1, 0.15) is 0 Å². The molecule has 9 heteroatoms.